The molecule has 6 N–H and O–H groups in total. The zero-order valence-electron chi connectivity index (χ0n) is 53.6. The lowest BCUT2D eigenvalue weighted by atomic mass is 9.52. The molecule has 0 aromatic heterocycles. The third-order valence-corrected chi connectivity index (χ3v) is 26.5. The van der Waals surface area contributed by atoms with Crippen LogP contribution in [0.25, 0.3) is 0 Å². The van der Waals surface area contributed by atoms with Gasteiger partial charge in [-0.1, -0.05) is 38.9 Å². The SMILES string of the molecule is CC(=O)NC12CC3CC(C1)C(=O)C(C3)C2.CC(=O)NC12CC3CC(C1)OC(=O)C(C3)C2.CC(=O)NC12CC3COC(CC(C3)C1)C2.CC(C)(C)OC(=O)NC12CC3COC(CC(C3)C1)C2.CC[SiH](CC)CC.Cl.NC12CC3COC(CC(C3)C1)C2. The summed E-state index contributed by atoms with van der Waals surface area (Å²) in [6.07, 6.45) is 28.4. The molecule has 0 radical (unpaired) electrons. The van der Waals surface area contributed by atoms with Gasteiger partial charge in [-0.05, 0) is 222 Å². The summed E-state index contributed by atoms with van der Waals surface area (Å²) >= 11 is 0. The summed E-state index contributed by atoms with van der Waals surface area (Å²) in [7, 11) is -0.171. The van der Waals surface area contributed by atoms with Gasteiger partial charge in [0.05, 0.1) is 24.2 Å². The minimum absolute atomic E-state index is 0. The maximum absolute atomic E-state index is 12.1. The van der Waals surface area contributed by atoms with E-state index >= 15 is 0 Å². The van der Waals surface area contributed by atoms with Crippen LogP contribution in [0.2, 0.25) is 18.1 Å². The van der Waals surface area contributed by atoms with E-state index in [1.54, 1.807) is 20.8 Å². The van der Waals surface area contributed by atoms with Crippen LogP contribution in [-0.2, 0) is 47.7 Å². The van der Waals surface area contributed by atoms with Crippen molar-refractivity contribution < 1.29 is 52.5 Å². The molecular formula is C67H112ClN5O11Si. The molecule has 20 fully saturated rings. The second-order valence-corrected chi connectivity index (χ2v) is 36.2. The van der Waals surface area contributed by atoms with E-state index in [2.05, 4.69) is 42.0 Å². The van der Waals surface area contributed by atoms with Gasteiger partial charge in [-0.3, -0.25) is 24.0 Å². The van der Waals surface area contributed by atoms with Crippen LogP contribution in [0, 0.1) is 65.1 Å². The molecule has 8 heterocycles. The number of alkyl carbamates (subject to hydrolysis) is 1. The first kappa shape index (κ1) is 66.6. The smallest absolute Gasteiger partial charge is 0.408 e. The van der Waals surface area contributed by atoms with Crippen LogP contribution in [0.15, 0.2) is 0 Å². The van der Waals surface area contributed by atoms with Crippen LogP contribution < -0.4 is 27.0 Å². The first-order valence-electron chi connectivity index (χ1n) is 34.0. The van der Waals surface area contributed by atoms with Crippen molar-refractivity contribution in [3.8, 4) is 0 Å². The van der Waals surface area contributed by atoms with Crippen molar-refractivity contribution in [2.24, 2.45) is 70.8 Å². The maximum atomic E-state index is 12.1. The molecule has 18 heteroatoms. The average Bonchev–Trinajstić information content (AvgIpc) is 2.25. The van der Waals surface area contributed by atoms with Gasteiger partial charge >= 0.3 is 12.1 Å². The number of nitrogens with two attached hydrogens (primary N) is 1. The lowest BCUT2D eigenvalue weighted by molar-refractivity contribution is -0.151. The average molecular weight is 1230 g/mol. The van der Waals surface area contributed by atoms with Crippen LogP contribution in [0.4, 0.5) is 4.79 Å². The number of carbonyl (C=O) groups excluding carboxylic acids is 6. The Labute approximate surface area is 517 Å². The van der Waals surface area contributed by atoms with Crippen molar-refractivity contribution in [1.29, 1.82) is 0 Å². The number of ketones is 1. The van der Waals surface area contributed by atoms with E-state index in [4.69, 9.17) is 29.4 Å². The number of esters is 1. The molecule has 12 saturated carbocycles. The predicted molar refractivity (Wildman–Crippen MR) is 332 cm³/mol. The molecule has 8 aliphatic heterocycles. The van der Waals surface area contributed by atoms with E-state index in [9.17, 15) is 28.8 Å². The van der Waals surface area contributed by atoms with Crippen molar-refractivity contribution in [1.82, 2.24) is 21.3 Å². The van der Waals surface area contributed by atoms with Crippen LogP contribution in [-0.4, -0.2) is 122 Å². The minimum atomic E-state index is -0.432. The van der Waals surface area contributed by atoms with Gasteiger partial charge in [-0.2, -0.15) is 0 Å². The normalized spacial score (nSPS) is 43.3. The molecule has 482 valence electrons. The Morgan fingerprint density at radius 1 is 0.471 bits per heavy atom. The van der Waals surface area contributed by atoms with Gasteiger partial charge in [0.15, 0.2) is 0 Å². The zero-order chi connectivity index (χ0) is 60.0. The Bertz CT molecular complexity index is 2310. The first-order chi connectivity index (χ1) is 39.7. The molecular weight excluding hydrogens is 1110 g/mol. The number of halogens is 1. The number of carbonyl (C=O) groups is 6. The summed E-state index contributed by atoms with van der Waals surface area (Å²) in [6.45, 7) is 20.2. The monoisotopic (exact) mass is 1230 g/mol. The number of ether oxygens (including phenoxy) is 5. The van der Waals surface area contributed by atoms with E-state index in [0.717, 1.165) is 146 Å². The Balaban J connectivity index is 0.000000124. The largest absolute Gasteiger partial charge is 0.462 e. The molecule has 18 unspecified atom stereocenters. The molecule has 20 bridgehead atoms. The van der Waals surface area contributed by atoms with Crippen molar-refractivity contribution in [3.63, 3.8) is 0 Å². The molecule has 4 amide bonds. The van der Waals surface area contributed by atoms with Gasteiger partial charge in [-0.25, -0.2) is 4.79 Å². The predicted octanol–water partition coefficient (Wildman–Crippen LogP) is 10.6. The van der Waals surface area contributed by atoms with Crippen molar-refractivity contribution in [2.75, 3.05) is 19.8 Å². The van der Waals surface area contributed by atoms with Crippen molar-refractivity contribution >= 4 is 56.8 Å². The summed E-state index contributed by atoms with van der Waals surface area (Å²) in [5.74, 6) is 6.85. The molecule has 12 aliphatic carbocycles. The Morgan fingerprint density at radius 3 is 1.26 bits per heavy atom. The minimum Gasteiger partial charge on any atom is -0.462 e. The highest BCUT2D eigenvalue weighted by atomic mass is 35.5. The summed E-state index contributed by atoms with van der Waals surface area (Å²) in [5, 5.41) is 12.6. The lowest BCUT2D eigenvalue weighted by Gasteiger charge is -2.55. The Morgan fingerprint density at radius 2 is 0.812 bits per heavy atom. The fourth-order valence-electron chi connectivity index (χ4n) is 21.1. The van der Waals surface area contributed by atoms with Crippen LogP contribution >= 0.6 is 12.4 Å². The summed E-state index contributed by atoms with van der Waals surface area (Å²) in [5.41, 5.74) is 5.90. The summed E-state index contributed by atoms with van der Waals surface area (Å²) < 4.78 is 28.5. The molecule has 18 atom stereocenters. The molecule has 20 rings (SSSR count). The van der Waals surface area contributed by atoms with Crippen molar-refractivity contribution in [3.05, 3.63) is 0 Å². The van der Waals surface area contributed by atoms with Gasteiger partial charge in [0.1, 0.15) is 17.5 Å². The van der Waals surface area contributed by atoms with Gasteiger partial charge in [0, 0.05) is 95.3 Å². The number of amides is 4. The molecule has 85 heavy (non-hydrogen) atoms. The highest BCUT2D eigenvalue weighted by Crippen LogP contribution is 2.55. The fourth-order valence-corrected chi connectivity index (χ4v) is 22.9. The molecule has 8 saturated heterocycles. The third-order valence-electron chi connectivity index (χ3n) is 23.1. The second kappa shape index (κ2) is 26.9. The van der Waals surface area contributed by atoms with Gasteiger partial charge in [0.2, 0.25) is 17.7 Å². The van der Waals surface area contributed by atoms with E-state index in [0.29, 0.717) is 47.8 Å². The van der Waals surface area contributed by atoms with E-state index in [1.807, 2.05) is 20.8 Å². The van der Waals surface area contributed by atoms with Gasteiger partial charge < -0.3 is 50.7 Å². The highest BCUT2D eigenvalue weighted by molar-refractivity contribution is 6.58. The number of fused-ring (bicyclic) bond motifs is 4. The van der Waals surface area contributed by atoms with Crippen LogP contribution in [0.1, 0.15) is 223 Å². The maximum Gasteiger partial charge on any atom is 0.408 e. The third kappa shape index (κ3) is 16.8. The number of rotatable bonds is 7. The zero-order valence-corrected chi connectivity index (χ0v) is 55.6. The van der Waals surface area contributed by atoms with Crippen LogP contribution in [0.3, 0.4) is 0 Å². The van der Waals surface area contributed by atoms with Crippen LogP contribution in [0.5, 0.6) is 0 Å². The Hall–Kier alpha value is -2.83. The fraction of sp³-hybridized carbons (Fsp3) is 0.910. The number of nitrogens with one attached hydrogen (secondary N) is 4. The quantitative estimate of drug-likeness (QED) is 0.119. The number of hydrogen-bond donors (Lipinski definition) is 5. The van der Waals surface area contributed by atoms with Crippen molar-refractivity contribution in [2.45, 2.75) is 299 Å². The van der Waals surface area contributed by atoms with E-state index in [-0.39, 0.29) is 103 Å². The Kier molecular flexibility index (Phi) is 21.1. The standard InChI is InChI=1S/C15H25NO3.C12H17NO3.C12H19NO2.C12H17NO2.C10H17NO.C6H16Si.ClH/c1-14(2,3)19-13(17)16-15-6-10-4-11(7-15)9-18-12(5-10)8-15;1-7(14)13-12-4-8-2-9(5-12)11(15)16-10(3-8)6-12;1-8(14)13-12-4-9-2-10(5-12)7-15-11(3-9)6-12;1-7(14)13-12-4-8-2-9(5-12)11(15)10(3-8)6-12;11-10-3-7-1-8(4-10)6-12-9(2-7)5-10;1-4-7(5-2)6-3;/h10-12H,4-9H2,1-3H3,(H,16,17);8-10H,2-6H2,1H3,(H,13,14);9-11H,2-7H2,1H3,(H,13,14);8-10H,2-6H2,1H3,(H,13,14);7-9H,1-6,11H2;7H,4-6H2,1-3H3;1H. The molecule has 16 nitrogen and oxygen atoms in total. The molecule has 20 aliphatic rings. The number of hydrogen-bond acceptors (Lipinski definition) is 12. The lowest BCUT2D eigenvalue weighted by Crippen LogP contribution is -2.62. The summed E-state index contributed by atoms with van der Waals surface area (Å²) in [4.78, 5) is 69.5. The highest BCUT2D eigenvalue weighted by Gasteiger charge is 2.57. The first-order valence-corrected chi connectivity index (χ1v) is 36.4. The van der Waals surface area contributed by atoms with Gasteiger partial charge in [0.25, 0.3) is 0 Å². The van der Waals surface area contributed by atoms with Gasteiger partial charge in [-0.15, -0.1) is 12.4 Å². The second-order valence-electron chi connectivity index (χ2n) is 32.0. The van der Waals surface area contributed by atoms with E-state index in [1.165, 1.54) is 75.9 Å². The topological polar surface area (TPSA) is 223 Å². The van der Waals surface area contributed by atoms with E-state index < -0.39 is 5.60 Å². The summed E-state index contributed by atoms with van der Waals surface area (Å²) in [6, 6.07) is 4.48. The molecule has 0 spiro atoms. The number of Topliss-reactive ketones (excluding diaryl/α,β-unsaturated/α-hetero) is 1. The molecule has 0 aromatic carbocycles. The molecule has 0 aromatic rings.